The van der Waals surface area contributed by atoms with E-state index in [4.69, 9.17) is 4.74 Å². The number of hydrogen-bond donors (Lipinski definition) is 1. The van der Waals surface area contributed by atoms with Crippen molar-refractivity contribution in [2.75, 3.05) is 13.7 Å². The highest BCUT2D eigenvalue weighted by Gasteiger charge is 2.29. The predicted octanol–water partition coefficient (Wildman–Crippen LogP) is 2.18. The van der Waals surface area contributed by atoms with E-state index >= 15 is 0 Å². The molecule has 1 amide bonds. The number of benzene rings is 1. The summed E-state index contributed by atoms with van der Waals surface area (Å²) in [5.74, 6) is 1.05. The summed E-state index contributed by atoms with van der Waals surface area (Å²) in [5.41, 5.74) is 1.06. The zero-order valence-corrected chi connectivity index (χ0v) is 12.6. The molecule has 0 aromatic heterocycles. The third kappa shape index (κ3) is 3.51. The minimum absolute atomic E-state index is 0.0431. The van der Waals surface area contributed by atoms with Crippen molar-refractivity contribution in [3.63, 3.8) is 0 Å². The fraction of sp³-hybridized carbons (Fsp3) is 0.562. The summed E-state index contributed by atoms with van der Waals surface area (Å²) in [6.07, 6.45) is 1.98. The summed E-state index contributed by atoms with van der Waals surface area (Å²) in [4.78, 5) is 14.4. The molecule has 0 radical (unpaired) electrons. The average Bonchev–Trinajstić information content (AvgIpc) is 2.43. The summed E-state index contributed by atoms with van der Waals surface area (Å²) in [6, 6.07) is 8.17. The van der Waals surface area contributed by atoms with Gasteiger partial charge in [-0.2, -0.15) is 0 Å². The lowest BCUT2D eigenvalue weighted by atomic mass is 10.0. The van der Waals surface area contributed by atoms with Gasteiger partial charge in [-0.1, -0.05) is 32.0 Å². The smallest absolute Gasteiger partial charge is 0.240 e. The van der Waals surface area contributed by atoms with Gasteiger partial charge < -0.3 is 15.0 Å². The largest absolute Gasteiger partial charge is 0.496 e. The number of piperidine rings is 1. The maximum atomic E-state index is 12.5. The molecule has 1 aromatic carbocycles. The molecule has 1 unspecified atom stereocenters. The number of likely N-dealkylation sites (tertiary alicyclic amines) is 1. The summed E-state index contributed by atoms with van der Waals surface area (Å²) >= 11 is 0. The van der Waals surface area contributed by atoms with Gasteiger partial charge in [0.15, 0.2) is 0 Å². The first-order valence-corrected chi connectivity index (χ1v) is 7.28. The van der Waals surface area contributed by atoms with E-state index in [9.17, 15) is 4.79 Å². The molecule has 0 aliphatic carbocycles. The van der Waals surface area contributed by atoms with Gasteiger partial charge in [0, 0.05) is 24.7 Å². The van der Waals surface area contributed by atoms with Crippen molar-refractivity contribution >= 4 is 5.91 Å². The normalized spacial score (nSPS) is 19.5. The third-order valence-electron chi connectivity index (χ3n) is 3.62. The fourth-order valence-corrected chi connectivity index (χ4v) is 2.69. The number of amides is 1. The first-order chi connectivity index (χ1) is 9.61. The summed E-state index contributed by atoms with van der Waals surface area (Å²) < 4.78 is 5.36. The molecule has 1 N–H and O–H groups in total. The van der Waals surface area contributed by atoms with Crippen LogP contribution in [-0.4, -0.2) is 36.5 Å². The lowest BCUT2D eigenvalue weighted by Gasteiger charge is -2.34. The van der Waals surface area contributed by atoms with Crippen LogP contribution >= 0.6 is 0 Å². The molecule has 0 saturated carbocycles. The number of para-hydroxylation sites is 1. The maximum absolute atomic E-state index is 12.5. The molecule has 1 aliphatic heterocycles. The Bertz CT molecular complexity index is 460. The second-order valence-electron chi connectivity index (χ2n) is 5.59. The standard InChI is InChI=1S/C16H24N2O2/c1-12(2)17-14-8-6-10-18(16(14)19)11-13-7-4-5-9-15(13)20-3/h4-5,7,9,12,14,17H,6,8,10-11H2,1-3H3. The van der Waals surface area contributed by atoms with E-state index in [2.05, 4.69) is 19.2 Å². The second kappa shape index (κ2) is 6.75. The van der Waals surface area contributed by atoms with Gasteiger partial charge in [0.2, 0.25) is 5.91 Å². The van der Waals surface area contributed by atoms with Crippen molar-refractivity contribution in [1.29, 1.82) is 0 Å². The number of carbonyl (C=O) groups excluding carboxylic acids is 1. The first kappa shape index (κ1) is 14.9. The highest BCUT2D eigenvalue weighted by atomic mass is 16.5. The number of ether oxygens (including phenoxy) is 1. The second-order valence-corrected chi connectivity index (χ2v) is 5.59. The summed E-state index contributed by atoms with van der Waals surface area (Å²) in [5, 5.41) is 3.35. The van der Waals surface area contributed by atoms with Crippen LogP contribution in [0.1, 0.15) is 32.3 Å². The Hall–Kier alpha value is -1.55. The SMILES string of the molecule is COc1ccccc1CN1CCCC(NC(C)C)C1=O. The Morgan fingerprint density at radius 3 is 2.85 bits per heavy atom. The van der Waals surface area contributed by atoms with Gasteiger partial charge in [-0.15, -0.1) is 0 Å². The molecule has 4 nitrogen and oxygen atoms in total. The fourth-order valence-electron chi connectivity index (χ4n) is 2.69. The van der Waals surface area contributed by atoms with Crippen LogP contribution in [-0.2, 0) is 11.3 Å². The first-order valence-electron chi connectivity index (χ1n) is 7.28. The maximum Gasteiger partial charge on any atom is 0.240 e. The number of methoxy groups -OCH3 is 1. The molecule has 1 atom stereocenters. The van der Waals surface area contributed by atoms with E-state index in [1.807, 2.05) is 29.2 Å². The number of nitrogens with one attached hydrogen (secondary N) is 1. The predicted molar refractivity (Wildman–Crippen MR) is 79.7 cm³/mol. The van der Waals surface area contributed by atoms with Crippen molar-refractivity contribution in [2.45, 2.75) is 45.3 Å². The van der Waals surface area contributed by atoms with Crippen LogP contribution in [0.25, 0.3) is 0 Å². The molecule has 110 valence electrons. The van der Waals surface area contributed by atoms with Crippen LogP contribution in [0.5, 0.6) is 5.75 Å². The van der Waals surface area contributed by atoms with E-state index in [1.54, 1.807) is 7.11 Å². The number of carbonyl (C=O) groups is 1. The Kier molecular flexibility index (Phi) is 5.01. The van der Waals surface area contributed by atoms with Crippen molar-refractivity contribution in [1.82, 2.24) is 10.2 Å². The molecule has 4 heteroatoms. The van der Waals surface area contributed by atoms with Gasteiger partial charge in [0.05, 0.1) is 13.2 Å². The van der Waals surface area contributed by atoms with E-state index in [0.29, 0.717) is 12.6 Å². The van der Waals surface area contributed by atoms with Gasteiger partial charge in [-0.25, -0.2) is 0 Å². The molecular weight excluding hydrogens is 252 g/mol. The molecular formula is C16H24N2O2. The van der Waals surface area contributed by atoms with Crippen LogP contribution in [0.3, 0.4) is 0 Å². The highest BCUT2D eigenvalue weighted by Crippen LogP contribution is 2.22. The van der Waals surface area contributed by atoms with E-state index in [0.717, 1.165) is 30.7 Å². The van der Waals surface area contributed by atoms with Gasteiger partial charge in [-0.3, -0.25) is 4.79 Å². The molecule has 20 heavy (non-hydrogen) atoms. The quantitative estimate of drug-likeness (QED) is 0.896. The topological polar surface area (TPSA) is 41.6 Å². The minimum atomic E-state index is -0.0431. The molecule has 1 saturated heterocycles. The van der Waals surface area contributed by atoms with E-state index in [-0.39, 0.29) is 11.9 Å². The van der Waals surface area contributed by atoms with Gasteiger partial charge in [-0.05, 0) is 18.9 Å². The Labute approximate surface area is 121 Å². The molecule has 2 rings (SSSR count). The van der Waals surface area contributed by atoms with Crippen LogP contribution in [0.2, 0.25) is 0 Å². The monoisotopic (exact) mass is 276 g/mol. The number of hydrogen-bond acceptors (Lipinski definition) is 3. The van der Waals surface area contributed by atoms with Crippen molar-refractivity contribution in [3.05, 3.63) is 29.8 Å². The number of rotatable bonds is 5. The lowest BCUT2D eigenvalue weighted by molar-refractivity contribution is -0.136. The summed E-state index contributed by atoms with van der Waals surface area (Å²) in [6.45, 7) is 5.60. The lowest BCUT2D eigenvalue weighted by Crippen LogP contribution is -2.51. The molecule has 1 aromatic rings. The van der Waals surface area contributed by atoms with Crippen LogP contribution in [0.4, 0.5) is 0 Å². The van der Waals surface area contributed by atoms with Gasteiger partial charge in [0.1, 0.15) is 5.75 Å². The zero-order chi connectivity index (χ0) is 14.5. The van der Waals surface area contributed by atoms with Crippen molar-refractivity contribution in [2.24, 2.45) is 0 Å². The van der Waals surface area contributed by atoms with Gasteiger partial charge >= 0.3 is 0 Å². The van der Waals surface area contributed by atoms with Crippen molar-refractivity contribution in [3.8, 4) is 5.75 Å². The Morgan fingerprint density at radius 1 is 1.40 bits per heavy atom. The van der Waals surface area contributed by atoms with Gasteiger partial charge in [0.25, 0.3) is 0 Å². The van der Waals surface area contributed by atoms with Crippen LogP contribution in [0, 0.1) is 0 Å². The van der Waals surface area contributed by atoms with E-state index in [1.165, 1.54) is 0 Å². The zero-order valence-electron chi connectivity index (χ0n) is 12.6. The highest BCUT2D eigenvalue weighted by molar-refractivity contribution is 5.82. The van der Waals surface area contributed by atoms with Crippen LogP contribution < -0.4 is 10.1 Å². The number of nitrogens with zero attached hydrogens (tertiary/aromatic N) is 1. The Morgan fingerprint density at radius 2 is 2.15 bits per heavy atom. The Balaban J connectivity index is 2.06. The molecule has 0 spiro atoms. The molecule has 1 aliphatic rings. The summed E-state index contributed by atoms with van der Waals surface area (Å²) in [7, 11) is 1.67. The molecule has 1 fully saturated rings. The molecule has 0 bridgehead atoms. The average molecular weight is 276 g/mol. The third-order valence-corrected chi connectivity index (χ3v) is 3.62. The van der Waals surface area contributed by atoms with Crippen molar-refractivity contribution < 1.29 is 9.53 Å². The minimum Gasteiger partial charge on any atom is -0.496 e. The van der Waals surface area contributed by atoms with E-state index < -0.39 is 0 Å². The van der Waals surface area contributed by atoms with Crippen LogP contribution in [0.15, 0.2) is 24.3 Å². The molecule has 1 heterocycles.